The highest BCUT2D eigenvalue weighted by Gasteiger charge is 2.30. The van der Waals surface area contributed by atoms with Crippen LogP contribution in [0.3, 0.4) is 0 Å². The summed E-state index contributed by atoms with van der Waals surface area (Å²) in [6, 6.07) is 6.86. The van der Waals surface area contributed by atoms with Crippen LogP contribution < -0.4 is 5.32 Å². The van der Waals surface area contributed by atoms with Crippen LogP contribution in [0.25, 0.3) is 11.3 Å². The van der Waals surface area contributed by atoms with Gasteiger partial charge in [0.2, 0.25) is 0 Å². The Hall–Kier alpha value is -1.82. The molecular weight excluding hydrogens is 269 g/mol. The molecule has 108 valence electrons. The van der Waals surface area contributed by atoms with Crippen molar-refractivity contribution >= 4 is 0 Å². The fraction of sp³-hybridized carbons (Fsp3) is 0.357. The normalized spacial score (nSPS) is 12.1. The number of rotatable bonds is 4. The van der Waals surface area contributed by atoms with Gasteiger partial charge in [0.1, 0.15) is 0 Å². The first-order valence-electron chi connectivity index (χ1n) is 6.23. The van der Waals surface area contributed by atoms with Crippen molar-refractivity contribution in [2.75, 3.05) is 0 Å². The Kier molecular flexibility index (Phi) is 4.13. The van der Waals surface area contributed by atoms with E-state index in [9.17, 15) is 13.2 Å². The highest BCUT2D eigenvalue weighted by atomic mass is 19.4. The lowest BCUT2D eigenvalue weighted by atomic mass is 10.1. The zero-order chi connectivity index (χ0) is 14.8. The van der Waals surface area contributed by atoms with E-state index in [1.54, 1.807) is 6.07 Å². The first-order chi connectivity index (χ1) is 9.36. The molecule has 2 aromatic rings. The van der Waals surface area contributed by atoms with Crippen LogP contribution in [0.15, 0.2) is 34.9 Å². The zero-order valence-electron chi connectivity index (χ0n) is 11.2. The second-order valence-electron chi connectivity index (χ2n) is 4.79. The van der Waals surface area contributed by atoms with Gasteiger partial charge in [0.25, 0.3) is 0 Å². The average molecular weight is 284 g/mol. The maximum Gasteiger partial charge on any atom is 0.416 e. The van der Waals surface area contributed by atoms with Crippen LogP contribution in [0.1, 0.15) is 25.1 Å². The third-order valence-electron chi connectivity index (χ3n) is 2.75. The molecule has 1 N–H and O–H groups in total. The molecule has 0 bridgehead atoms. The standard InChI is InChI=1S/C14H15F3N2O/c1-9(2)18-8-12-7-13(20-19-12)10-3-5-11(6-4-10)14(15,16)17/h3-7,9,18H,8H2,1-2H3. The molecule has 0 spiro atoms. The van der Waals surface area contributed by atoms with Crippen molar-refractivity contribution < 1.29 is 17.7 Å². The minimum Gasteiger partial charge on any atom is -0.356 e. The highest BCUT2D eigenvalue weighted by Crippen LogP contribution is 2.31. The van der Waals surface area contributed by atoms with E-state index < -0.39 is 11.7 Å². The second-order valence-corrected chi connectivity index (χ2v) is 4.79. The van der Waals surface area contributed by atoms with E-state index in [0.717, 1.165) is 12.1 Å². The average Bonchev–Trinajstić information content (AvgIpc) is 2.84. The van der Waals surface area contributed by atoms with Gasteiger partial charge >= 0.3 is 6.18 Å². The molecule has 1 heterocycles. The summed E-state index contributed by atoms with van der Waals surface area (Å²) in [5.41, 5.74) is 0.609. The lowest BCUT2D eigenvalue weighted by Crippen LogP contribution is -2.21. The Balaban J connectivity index is 2.12. The van der Waals surface area contributed by atoms with Gasteiger partial charge in [-0.3, -0.25) is 0 Å². The van der Waals surface area contributed by atoms with Gasteiger partial charge in [-0.15, -0.1) is 0 Å². The van der Waals surface area contributed by atoms with Gasteiger partial charge in [-0.1, -0.05) is 31.1 Å². The van der Waals surface area contributed by atoms with Crippen molar-refractivity contribution in [3.63, 3.8) is 0 Å². The monoisotopic (exact) mass is 284 g/mol. The summed E-state index contributed by atoms with van der Waals surface area (Å²) in [7, 11) is 0. The summed E-state index contributed by atoms with van der Waals surface area (Å²) in [5.74, 6) is 0.458. The molecule has 0 amide bonds. The lowest BCUT2D eigenvalue weighted by molar-refractivity contribution is -0.137. The topological polar surface area (TPSA) is 38.1 Å². The number of alkyl halides is 3. The maximum atomic E-state index is 12.5. The number of hydrogen-bond donors (Lipinski definition) is 1. The van der Waals surface area contributed by atoms with Gasteiger partial charge in [-0.2, -0.15) is 13.2 Å². The molecule has 0 atom stereocenters. The number of halogens is 3. The number of nitrogens with one attached hydrogen (secondary N) is 1. The predicted octanol–water partition coefficient (Wildman–Crippen LogP) is 3.86. The number of aromatic nitrogens is 1. The maximum absolute atomic E-state index is 12.5. The van der Waals surface area contributed by atoms with Gasteiger partial charge < -0.3 is 9.84 Å². The summed E-state index contributed by atoms with van der Waals surface area (Å²) in [5, 5.41) is 7.06. The van der Waals surface area contributed by atoms with Gasteiger partial charge in [0.15, 0.2) is 5.76 Å². The Bertz CT molecular complexity index is 559. The van der Waals surface area contributed by atoms with E-state index in [1.807, 2.05) is 13.8 Å². The first-order valence-corrected chi connectivity index (χ1v) is 6.23. The highest BCUT2D eigenvalue weighted by molar-refractivity contribution is 5.57. The van der Waals surface area contributed by atoms with Crippen LogP contribution in [0.2, 0.25) is 0 Å². The molecule has 0 aliphatic rings. The van der Waals surface area contributed by atoms with Crippen molar-refractivity contribution in [2.24, 2.45) is 0 Å². The summed E-state index contributed by atoms with van der Waals surface area (Å²) in [6.07, 6.45) is -4.33. The molecule has 0 saturated carbocycles. The minimum atomic E-state index is -4.33. The van der Waals surface area contributed by atoms with Crippen molar-refractivity contribution in [1.82, 2.24) is 10.5 Å². The molecule has 1 aromatic heterocycles. The third kappa shape index (κ3) is 3.60. The van der Waals surface area contributed by atoms with Crippen LogP contribution in [-0.2, 0) is 12.7 Å². The van der Waals surface area contributed by atoms with Crippen molar-refractivity contribution in [2.45, 2.75) is 32.6 Å². The van der Waals surface area contributed by atoms with Crippen LogP contribution in [-0.4, -0.2) is 11.2 Å². The molecule has 0 radical (unpaired) electrons. The van der Waals surface area contributed by atoms with Gasteiger partial charge in [-0.05, 0) is 12.1 Å². The van der Waals surface area contributed by atoms with E-state index in [1.165, 1.54) is 12.1 Å². The third-order valence-corrected chi connectivity index (χ3v) is 2.75. The van der Waals surface area contributed by atoms with Crippen molar-refractivity contribution in [1.29, 1.82) is 0 Å². The fourth-order valence-corrected chi connectivity index (χ4v) is 1.66. The molecule has 0 fully saturated rings. The van der Waals surface area contributed by atoms with E-state index >= 15 is 0 Å². The Morgan fingerprint density at radius 1 is 1.20 bits per heavy atom. The van der Waals surface area contributed by atoms with E-state index in [4.69, 9.17) is 4.52 Å². The predicted molar refractivity (Wildman–Crippen MR) is 68.9 cm³/mol. The van der Waals surface area contributed by atoms with E-state index in [0.29, 0.717) is 29.6 Å². The molecule has 1 aromatic carbocycles. The summed E-state index contributed by atoms with van der Waals surface area (Å²) in [6.45, 7) is 4.58. The number of nitrogens with zero attached hydrogens (tertiary/aromatic N) is 1. The Labute approximate surface area is 114 Å². The molecule has 0 aliphatic heterocycles. The molecule has 2 rings (SSSR count). The quantitative estimate of drug-likeness (QED) is 0.926. The molecular formula is C14H15F3N2O. The minimum absolute atomic E-state index is 0.321. The second kappa shape index (κ2) is 5.66. The van der Waals surface area contributed by atoms with Crippen LogP contribution in [0.4, 0.5) is 13.2 Å². The molecule has 0 saturated heterocycles. The van der Waals surface area contributed by atoms with Gasteiger partial charge in [0, 0.05) is 24.2 Å². The fourth-order valence-electron chi connectivity index (χ4n) is 1.66. The van der Waals surface area contributed by atoms with Crippen LogP contribution in [0, 0.1) is 0 Å². The van der Waals surface area contributed by atoms with Gasteiger partial charge in [0.05, 0.1) is 11.3 Å². The molecule has 6 heteroatoms. The zero-order valence-corrected chi connectivity index (χ0v) is 11.2. The summed E-state index contributed by atoms with van der Waals surface area (Å²) >= 11 is 0. The van der Waals surface area contributed by atoms with Crippen molar-refractivity contribution in [3.8, 4) is 11.3 Å². The van der Waals surface area contributed by atoms with Crippen molar-refractivity contribution in [3.05, 3.63) is 41.6 Å². The summed E-state index contributed by atoms with van der Waals surface area (Å²) < 4.78 is 42.5. The first kappa shape index (κ1) is 14.6. The number of benzene rings is 1. The largest absolute Gasteiger partial charge is 0.416 e. The number of hydrogen-bond acceptors (Lipinski definition) is 3. The van der Waals surface area contributed by atoms with Gasteiger partial charge in [-0.25, -0.2) is 0 Å². The Morgan fingerprint density at radius 2 is 1.85 bits per heavy atom. The lowest BCUT2D eigenvalue weighted by Gasteiger charge is -2.06. The molecule has 3 nitrogen and oxygen atoms in total. The van der Waals surface area contributed by atoms with E-state index in [2.05, 4.69) is 10.5 Å². The molecule has 20 heavy (non-hydrogen) atoms. The molecule has 0 unspecified atom stereocenters. The smallest absolute Gasteiger partial charge is 0.356 e. The van der Waals surface area contributed by atoms with E-state index in [-0.39, 0.29) is 0 Å². The Morgan fingerprint density at radius 3 is 2.40 bits per heavy atom. The van der Waals surface area contributed by atoms with Crippen LogP contribution in [0.5, 0.6) is 0 Å². The van der Waals surface area contributed by atoms with Crippen LogP contribution >= 0.6 is 0 Å². The molecule has 0 aliphatic carbocycles. The summed E-state index contributed by atoms with van der Waals surface area (Å²) in [4.78, 5) is 0. The SMILES string of the molecule is CC(C)NCc1cc(-c2ccc(C(F)(F)F)cc2)on1.